The fourth-order valence-corrected chi connectivity index (χ4v) is 3.42. The van der Waals surface area contributed by atoms with Crippen LogP contribution in [0.2, 0.25) is 0 Å². The Morgan fingerprint density at radius 1 is 1.35 bits per heavy atom. The lowest BCUT2D eigenvalue weighted by Gasteiger charge is -2.26. The maximum atomic E-state index is 4.61. The van der Waals surface area contributed by atoms with E-state index in [4.69, 9.17) is 0 Å². The average Bonchev–Trinajstić information content (AvgIpc) is 2.86. The zero-order valence-corrected chi connectivity index (χ0v) is 12.4. The van der Waals surface area contributed by atoms with E-state index in [2.05, 4.69) is 34.0 Å². The van der Waals surface area contributed by atoms with Crippen molar-refractivity contribution < 1.29 is 0 Å². The van der Waals surface area contributed by atoms with Gasteiger partial charge in [-0.1, -0.05) is 32.3 Å². The Balaban J connectivity index is 1.43. The molecule has 3 heteroatoms. The second kappa shape index (κ2) is 6.40. The van der Waals surface area contributed by atoms with Gasteiger partial charge in [0.2, 0.25) is 0 Å². The largest absolute Gasteiger partial charge is 0.311 e. The van der Waals surface area contributed by atoms with Gasteiger partial charge in [0.05, 0.1) is 5.69 Å². The predicted molar refractivity (Wildman–Crippen MR) is 82.6 cm³/mol. The molecule has 1 saturated carbocycles. The summed E-state index contributed by atoms with van der Waals surface area (Å²) in [5.74, 6) is 1.87. The van der Waals surface area contributed by atoms with E-state index in [1.54, 1.807) is 0 Å². The quantitative estimate of drug-likeness (QED) is 0.841. The van der Waals surface area contributed by atoms with Crippen LogP contribution >= 0.6 is 0 Å². The summed E-state index contributed by atoms with van der Waals surface area (Å²) in [6.45, 7) is 4.39. The van der Waals surface area contributed by atoms with Crippen LogP contribution in [0.4, 0.5) is 0 Å². The molecule has 0 aliphatic heterocycles. The van der Waals surface area contributed by atoms with E-state index in [0.29, 0.717) is 0 Å². The number of nitrogens with zero attached hydrogens (tertiary/aromatic N) is 2. The van der Waals surface area contributed by atoms with E-state index in [0.717, 1.165) is 36.3 Å². The maximum absolute atomic E-state index is 4.61. The number of hydrogen-bond acceptors (Lipinski definition) is 2. The Hall–Kier alpha value is -1.35. The van der Waals surface area contributed by atoms with Crippen molar-refractivity contribution in [3.8, 4) is 0 Å². The molecule has 3 rings (SSSR count). The van der Waals surface area contributed by atoms with E-state index >= 15 is 0 Å². The van der Waals surface area contributed by atoms with Crippen molar-refractivity contribution in [1.29, 1.82) is 0 Å². The molecule has 20 heavy (non-hydrogen) atoms. The third-order valence-corrected chi connectivity index (χ3v) is 4.49. The highest BCUT2D eigenvalue weighted by Gasteiger charge is 2.18. The second-order valence-corrected chi connectivity index (χ2v) is 6.30. The highest BCUT2D eigenvalue weighted by atomic mass is 15.0. The molecule has 3 nitrogen and oxygen atoms in total. The molecule has 2 heterocycles. The first-order valence-electron chi connectivity index (χ1n) is 7.94. The minimum Gasteiger partial charge on any atom is -0.311 e. The van der Waals surface area contributed by atoms with Crippen molar-refractivity contribution in [2.45, 2.75) is 45.6 Å². The van der Waals surface area contributed by atoms with Crippen molar-refractivity contribution in [1.82, 2.24) is 14.7 Å². The van der Waals surface area contributed by atoms with E-state index in [-0.39, 0.29) is 0 Å². The molecule has 2 unspecified atom stereocenters. The SMILES string of the molecule is CC1CCCC(CCNCc2cn3ccccc3n2)C1. The van der Waals surface area contributed by atoms with Crippen molar-refractivity contribution in [3.05, 3.63) is 36.3 Å². The molecule has 1 N–H and O–H groups in total. The summed E-state index contributed by atoms with van der Waals surface area (Å²) in [4.78, 5) is 4.61. The van der Waals surface area contributed by atoms with Crippen LogP contribution in [-0.2, 0) is 6.54 Å². The van der Waals surface area contributed by atoms with Gasteiger partial charge in [-0.2, -0.15) is 0 Å². The average molecular weight is 271 g/mol. The van der Waals surface area contributed by atoms with E-state index in [1.807, 2.05) is 18.2 Å². The normalized spacial score (nSPS) is 23.2. The summed E-state index contributed by atoms with van der Waals surface area (Å²) in [5.41, 5.74) is 2.17. The molecule has 0 bridgehead atoms. The lowest BCUT2D eigenvalue weighted by molar-refractivity contribution is 0.267. The number of hydrogen-bond donors (Lipinski definition) is 1. The molecule has 1 aliphatic rings. The third-order valence-electron chi connectivity index (χ3n) is 4.49. The van der Waals surface area contributed by atoms with Gasteiger partial charge in [0.1, 0.15) is 5.65 Å². The summed E-state index contributed by atoms with van der Waals surface area (Å²) in [5, 5.41) is 3.55. The molecule has 0 aromatic carbocycles. The monoisotopic (exact) mass is 271 g/mol. The smallest absolute Gasteiger partial charge is 0.137 e. The zero-order chi connectivity index (χ0) is 13.8. The van der Waals surface area contributed by atoms with Gasteiger partial charge in [-0.3, -0.25) is 0 Å². The van der Waals surface area contributed by atoms with E-state index in [1.165, 1.54) is 32.1 Å². The lowest BCUT2D eigenvalue weighted by Crippen LogP contribution is -2.21. The van der Waals surface area contributed by atoms with Crippen LogP contribution in [0.5, 0.6) is 0 Å². The summed E-state index contributed by atoms with van der Waals surface area (Å²) in [6, 6.07) is 6.12. The van der Waals surface area contributed by atoms with Crippen LogP contribution in [0, 0.1) is 11.8 Å². The fourth-order valence-electron chi connectivity index (χ4n) is 3.42. The Kier molecular flexibility index (Phi) is 4.36. The van der Waals surface area contributed by atoms with E-state index in [9.17, 15) is 0 Å². The van der Waals surface area contributed by atoms with Crippen LogP contribution < -0.4 is 5.32 Å². The van der Waals surface area contributed by atoms with Gasteiger partial charge in [0.15, 0.2) is 0 Å². The Labute approximate surface area is 121 Å². The number of imidazole rings is 1. The highest BCUT2D eigenvalue weighted by molar-refractivity contribution is 5.39. The van der Waals surface area contributed by atoms with Crippen LogP contribution in [0.15, 0.2) is 30.6 Å². The first-order chi connectivity index (χ1) is 9.81. The van der Waals surface area contributed by atoms with Crippen LogP contribution in [0.1, 0.15) is 44.7 Å². The topological polar surface area (TPSA) is 29.3 Å². The molecule has 2 aromatic heterocycles. The van der Waals surface area contributed by atoms with Crippen LogP contribution in [-0.4, -0.2) is 15.9 Å². The van der Waals surface area contributed by atoms with Gasteiger partial charge < -0.3 is 9.72 Å². The molecule has 1 fully saturated rings. The van der Waals surface area contributed by atoms with Gasteiger partial charge in [-0.25, -0.2) is 4.98 Å². The molecule has 2 aromatic rings. The summed E-state index contributed by atoms with van der Waals surface area (Å²) >= 11 is 0. The summed E-state index contributed by atoms with van der Waals surface area (Å²) in [7, 11) is 0. The second-order valence-electron chi connectivity index (χ2n) is 6.30. The number of aromatic nitrogens is 2. The standard InChI is InChI=1S/C17H25N3/c1-14-5-4-6-15(11-14)8-9-18-12-16-13-20-10-3-2-7-17(20)19-16/h2-3,7,10,13-15,18H,4-6,8-9,11-12H2,1H3. The fraction of sp³-hybridized carbons (Fsp3) is 0.588. The number of pyridine rings is 1. The third kappa shape index (κ3) is 3.40. The van der Waals surface area contributed by atoms with Crippen LogP contribution in [0.3, 0.4) is 0 Å². The van der Waals surface area contributed by atoms with Crippen molar-refractivity contribution >= 4 is 5.65 Å². The molecular weight excluding hydrogens is 246 g/mol. The van der Waals surface area contributed by atoms with E-state index < -0.39 is 0 Å². The Bertz CT molecular complexity index is 513. The number of rotatable bonds is 5. The number of fused-ring (bicyclic) bond motifs is 1. The minimum absolute atomic E-state index is 0.879. The molecule has 0 amide bonds. The molecule has 108 valence electrons. The highest BCUT2D eigenvalue weighted by Crippen LogP contribution is 2.30. The van der Waals surface area contributed by atoms with Crippen LogP contribution in [0.25, 0.3) is 5.65 Å². The minimum atomic E-state index is 0.879. The molecular formula is C17H25N3. The Morgan fingerprint density at radius 3 is 3.15 bits per heavy atom. The van der Waals surface area contributed by atoms with Gasteiger partial charge in [0, 0.05) is 18.9 Å². The van der Waals surface area contributed by atoms with Crippen molar-refractivity contribution in [2.24, 2.45) is 11.8 Å². The molecule has 1 aliphatic carbocycles. The molecule has 0 saturated heterocycles. The van der Waals surface area contributed by atoms with Gasteiger partial charge >= 0.3 is 0 Å². The first kappa shape index (κ1) is 13.6. The summed E-state index contributed by atoms with van der Waals surface area (Å²) < 4.78 is 2.08. The Morgan fingerprint density at radius 2 is 2.30 bits per heavy atom. The van der Waals surface area contributed by atoms with Crippen molar-refractivity contribution in [3.63, 3.8) is 0 Å². The van der Waals surface area contributed by atoms with Gasteiger partial charge in [-0.05, 0) is 43.4 Å². The molecule has 0 spiro atoms. The zero-order valence-electron chi connectivity index (χ0n) is 12.4. The first-order valence-corrected chi connectivity index (χ1v) is 7.94. The maximum Gasteiger partial charge on any atom is 0.137 e. The molecule has 2 atom stereocenters. The predicted octanol–water partition coefficient (Wildman–Crippen LogP) is 3.64. The van der Waals surface area contributed by atoms with Gasteiger partial charge in [-0.15, -0.1) is 0 Å². The lowest BCUT2D eigenvalue weighted by atomic mass is 9.81. The van der Waals surface area contributed by atoms with Crippen molar-refractivity contribution in [2.75, 3.05) is 6.54 Å². The number of nitrogens with one attached hydrogen (secondary N) is 1. The van der Waals surface area contributed by atoms with Gasteiger partial charge in [0.25, 0.3) is 0 Å². The molecule has 0 radical (unpaired) electrons. The summed E-state index contributed by atoms with van der Waals surface area (Å²) in [6.07, 6.45) is 11.2.